The molecule has 1 aromatic rings. The molecule has 1 aromatic carbocycles. The molecule has 8 heteroatoms. The largest absolute Gasteiger partial charge is 0.354 e. The third-order valence-electron chi connectivity index (χ3n) is 3.08. The van der Waals surface area contributed by atoms with Crippen LogP contribution in [-0.2, 0) is 9.59 Å². The summed E-state index contributed by atoms with van der Waals surface area (Å²) in [5.41, 5.74) is -0.284. The molecule has 1 rings (SSSR count). The summed E-state index contributed by atoms with van der Waals surface area (Å²) < 4.78 is 26.2. The zero-order valence-corrected chi connectivity index (χ0v) is 13.6. The van der Waals surface area contributed by atoms with E-state index in [0.717, 1.165) is 12.1 Å². The van der Waals surface area contributed by atoms with Crippen LogP contribution in [-0.4, -0.2) is 37.4 Å². The lowest BCUT2D eigenvalue weighted by molar-refractivity contribution is -0.124. The van der Waals surface area contributed by atoms with Crippen molar-refractivity contribution in [1.82, 2.24) is 16.0 Å². The maximum atomic E-state index is 13.4. The fourth-order valence-corrected chi connectivity index (χ4v) is 1.74. The number of halogens is 2. The first-order valence-electron chi connectivity index (χ1n) is 7.59. The van der Waals surface area contributed by atoms with Gasteiger partial charge >= 0.3 is 0 Å². The summed E-state index contributed by atoms with van der Waals surface area (Å²) in [6.45, 7) is 4.13. The topological polar surface area (TPSA) is 87.3 Å². The average Bonchev–Trinajstić information content (AvgIpc) is 2.51. The summed E-state index contributed by atoms with van der Waals surface area (Å²) in [5.74, 6) is -2.98. The molecule has 0 fully saturated rings. The van der Waals surface area contributed by atoms with E-state index in [0.29, 0.717) is 12.6 Å². The third-order valence-corrected chi connectivity index (χ3v) is 3.08. The van der Waals surface area contributed by atoms with Gasteiger partial charge in [-0.3, -0.25) is 14.4 Å². The van der Waals surface area contributed by atoms with Crippen LogP contribution in [0.15, 0.2) is 18.2 Å². The maximum Gasteiger partial charge on any atom is 0.254 e. The first kappa shape index (κ1) is 19.5. The molecule has 0 aliphatic carbocycles. The van der Waals surface area contributed by atoms with Crippen LogP contribution >= 0.6 is 0 Å². The van der Waals surface area contributed by atoms with E-state index >= 15 is 0 Å². The fourth-order valence-electron chi connectivity index (χ4n) is 1.74. The highest BCUT2D eigenvalue weighted by atomic mass is 19.1. The molecule has 0 spiro atoms. The first-order valence-corrected chi connectivity index (χ1v) is 7.59. The van der Waals surface area contributed by atoms with E-state index in [1.165, 1.54) is 0 Å². The Morgan fingerprint density at radius 1 is 1.00 bits per heavy atom. The number of nitrogens with one attached hydrogen (secondary N) is 3. The highest BCUT2D eigenvalue weighted by Gasteiger charge is 2.12. The number of hydrogen-bond acceptors (Lipinski definition) is 3. The van der Waals surface area contributed by atoms with Gasteiger partial charge < -0.3 is 16.0 Å². The average molecular weight is 341 g/mol. The summed E-state index contributed by atoms with van der Waals surface area (Å²) in [4.78, 5) is 34.5. The number of amides is 3. The smallest absolute Gasteiger partial charge is 0.254 e. The molecular weight excluding hydrogens is 320 g/mol. The van der Waals surface area contributed by atoms with Gasteiger partial charge in [0.05, 0.1) is 5.56 Å². The Kier molecular flexibility index (Phi) is 7.81. The van der Waals surface area contributed by atoms with Gasteiger partial charge in [-0.05, 0) is 12.1 Å². The molecule has 0 atom stereocenters. The number of carbonyl (C=O) groups is 3. The summed E-state index contributed by atoms with van der Waals surface area (Å²) in [7, 11) is 0. The Morgan fingerprint density at radius 3 is 2.29 bits per heavy atom. The first-order chi connectivity index (χ1) is 11.3. The lowest BCUT2D eigenvalue weighted by atomic mass is 10.2. The van der Waals surface area contributed by atoms with Gasteiger partial charge in [-0.1, -0.05) is 13.8 Å². The number of benzene rings is 1. The lowest BCUT2D eigenvalue weighted by Crippen LogP contribution is -2.37. The Balaban J connectivity index is 2.23. The van der Waals surface area contributed by atoms with Crippen LogP contribution in [0.5, 0.6) is 0 Å². The molecule has 132 valence electrons. The lowest BCUT2D eigenvalue weighted by Gasteiger charge is -2.09. The highest BCUT2D eigenvalue weighted by Crippen LogP contribution is 2.09. The van der Waals surface area contributed by atoms with Gasteiger partial charge in [-0.25, -0.2) is 8.78 Å². The van der Waals surface area contributed by atoms with Crippen molar-refractivity contribution in [2.45, 2.75) is 20.3 Å². The minimum atomic E-state index is -0.960. The van der Waals surface area contributed by atoms with Crippen molar-refractivity contribution in [3.8, 4) is 0 Å². The predicted molar refractivity (Wildman–Crippen MR) is 84.2 cm³/mol. The van der Waals surface area contributed by atoms with Crippen LogP contribution in [0, 0.1) is 17.6 Å². The van der Waals surface area contributed by atoms with Crippen LogP contribution < -0.4 is 16.0 Å². The number of carbonyl (C=O) groups excluding carboxylic acids is 3. The van der Waals surface area contributed by atoms with Crippen molar-refractivity contribution < 1.29 is 23.2 Å². The van der Waals surface area contributed by atoms with Gasteiger partial charge in [0.1, 0.15) is 11.6 Å². The molecule has 0 saturated carbocycles. The molecule has 0 saturated heterocycles. The quantitative estimate of drug-likeness (QED) is 0.616. The van der Waals surface area contributed by atoms with Gasteiger partial charge in [-0.15, -0.1) is 0 Å². The summed E-state index contributed by atoms with van der Waals surface area (Å²) >= 11 is 0. The van der Waals surface area contributed by atoms with Gasteiger partial charge in [0.2, 0.25) is 11.8 Å². The monoisotopic (exact) mass is 341 g/mol. The molecule has 24 heavy (non-hydrogen) atoms. The van der Waals surface area contributed by atoms with Gasteiger partial charge in [0, 0.05) is 38.0 Å². The predicted octanol–water partition coefficient (Wildman–Crippen LogP) is 0.973. The van der Waals surface area contributed by atoms with E-state index in [-0.39, 0.29) is 42.8 Å². The Morgan fingerprint density at radius 2 is 1.67 bits per heavy atom. The van der Waals surface area contributed by atoms with E-state index in [1.807, 2.05) is 0 Å². The van der Waals surface area contributed by atoms with E-state index in [2.05, 4.69) is 16.0 Å². The maximum absolute atomic E-state index is 13.4. The van der Waals surface area contributed by atoms with Crippen molar-refractivity contribution in [1.29, 1.82) is 0 Å². The molecule has 6 nitrogen and oxygen atoms in total. The Bertz CT molecular complexity index is 606. The van der Waals surface area contributed by atoms with E-state index in [1.54, 1.807) is 13.8 Å². The van der Waals surface area contributed by atoms with Gasteiger partial charge in [-0.2, -0.15) is 0 Å². The molecule has 3 amide bonds. The molecule has 0 unspecified atom stereocenters. The van der Waals surface area contributed by atoms with E-state index < -0.39 is 17.5 Å². The van der Waals surface area contributed by atoms with Crippen LogP contribution in [0.25, 0.3) is 0 Å². The fraction of sp³-hybridized carbons (Fsp3) is 0.438. The zero-order valence-electron chi connectivity index (χ0n) is 13.6. The molecule has 0 aliphatic rings. The van der Waals surface area contributed by atoms with Crippen molar-refractivity contribution >= 4 is 17.7 Å². The summed E-state index contributed by atoms with van der Waals surface area (Å²) in [6.07, 6.45) is 0.00663. The van der Waals surface area contributed by atoms with Crippen molar-refractivity contribution in [3.05, 3.63) is 35.4 Å². The van der Waals surface area contributed by atoms with Crippen LogP contribution in [0.3, 0.4) is 0 Å². The molecule has 0 bridgehead atoms. The van der Waals surface area contributed by atoms with Gasteiger partial charge in [0.25, 0.3) is 5.91 Å². The second kappa shape index (κ2) is 9.59. The minimum Gasteiger partial charge on any atom is -0.354 e. The minimum absolute atomic E-state index is 0.00663. The summed E-state index contributed by atoms with van der Waals surface area (Å²) in [5, 5.41) is 7.61. The van der Waals surface area contributed by atoms with Crippen LogP contribution in [0.2, 0.25) is 0 Å². The standard InChI is InChI=1S/C16H21F2N3O3/c1-10(2)15(23)21-8-7-19-14(22)5-6-20-16(24)12-4-3-11(17)9-13(12)18/h3-4,9-10H,5-8H2,1-2H3,(H,19,22)(H,20,24)(H,21,23). The van der Waals surface area contributed by atoms with Gasteiger partial charge in [0.15, 0.2) is 0 Å². The molecule has 0 aliphatic heterocycles. The SMILES string of the molecule is CC(C)C(=O)NCCNC(=O)CCNC(=O)c1ccc(F)cc1F. The van der Waals surface area contributed by atoms with Crippen molar-refractivity contribution in [2.75, 3.05) is 19.6 Å². The highest BCUT2D eigenvalue weighted by molar-refractivity contribution is 5.94. The van der Waals surface area contributed by atoms with Crippen LogP contribution in [0.1, 0.15) is 30.6 Å². The third kappa shape index (κ3) is 6.72. The summed E-state index contributed by atoms with van der Waals surface area (Å²) in [6, 6.07) is 2.64. The van der Waals surface area contributed by atoms with Crippen LogP contribution in [0.4, 0.5) is 8.78 Å². The number of hydrogen-bond donors (Lipinski definition) is 3. The van der Waals surface area contributed by atoms with Crippen molar-refractivity contribution in [3.63, 3.8) is 0 Å². The normalized spacial score (nSPS) is 10.4. The molecule has 3 N–H and O–H groups in total. The van der Waals surface area contributed by atoms with Crippen molar-refractivity contribution in [2.24, 2.45) is 5.92 Å². The molecule has 0 heterocycles. The Labute approximate surface area is 139 Å². The second-order valence-corrected chi connectivity index (χ2v) is 5.43. The second-order valence-electron chi connectivity index (χ2n) is 5.43. The zero-order chi connectivity index (χ0) is 18.1. The molecule has 0 aromatic heterocycles. The molecular formula is C16H21F2N3O3. The molecule has 0 radical (unpaired) electrons. The van der Waals surface area contributed by atoms with E-state index in [9.17, 15) is 23.2 Å². The van der Waals surface area contributed by atoms with E-state index in [4.69, 9.17) is 0 Å². The number of rotatable bonds is 8. The Hall–Kier alpha value is -2.51.